The Morgan fingerprint density at radius 1 is 1.33 bits per heavy atom. The van der Waals surface area contributed by atoms with Crippen LogP contribution in [0.5, 0.6) is 0 Å². The summed E-state index contributed by atoms with van der Waals surface area (Å²) in [6, 6.07) is 10.1. The number of aromatic nitrogens is 1. The van der Waals surface area contributed by atoms with E-state index in [1.165, 1.54) is 35.0 Å². The van der Waals surface area contributed by atoms with Crippen molar-refractivity contribution in [1.29, 1.82) is 0 Å². The van der Waals surface area contributed by atoms with Crippen molar-refractivity contribution in [3.63, 3.8) is 0 Å². The van der Waals surface area contributed by atoms with Gasteiger partial charge in [0.05, 0.1) is 0 Å². The second-order valence-corrected chi connectivity index (χ2v) is 5.69. The molecule has 1 fully saturated rings. The van der Waals surface area contributed by atoms with Gasteiger partial charge in [0.2, 0.25) is 0 Å². The van der Waals surface area contributed by atoms with Crippen molar-refractivity contribution < 1.29 is 0 Å². The summed E-state index contributed by atoms with van der Waals surface area (Å²) < 4.78 is 2.31. The normalized spacial score (nSPS) is 17.3. The standard InChI is InChI=1S/C16H22N2/c1-11(17-13-8-9-13)10-15-12(2)18(3)16-7-5-4-6-14(15)16/h4-7,11,13,17H,8-10H2,1-3H3. The maximum Gasteiger partial charge on any atom is 0.0482 e. The first-order chi connectivity index (χ1) is 8.66. The molecule has 2 aromatic rings. The van der Waals surface area contributed by atoms with Gasteiger partial charge in [-0.2, -0.15) is 0 Å². The minimum atomic E-state index is 0.571. The molecule has 2 heteroatoms. The van der Waals surface area contributed by atoms with Crippen molar-refractivity contribution in [3.8, 4) is 0 Å². The number of fused-ring (bicyclic) bond motifs is 1. The van der Waals surface area contributed by atoms with Crippen LogP contribution in [0.4, 0.5) is 0 Å². The van der Waals surface area contributed by atoms with Crippen LogP contribution < -0.4 is 5.32 Å². The number of para-hydroxylation sites is 1. The molecule has 96 valence electrons. The molecule has 1 heterocycles. The highest BCUT2D eigenvalue weighted by molar-refractivity contribution is 5.85. The highest BCUT2D eigenvalue weighted by Gasteiger charge is 2.23. The SMILES string of the molecule is Cc1c(CC(C)NC2CC2)c2ccccc2n1C. The third-order valence-corrected chi connectivity index (χ3v) is 4.14. The number of aryl methyl sites for hydroxylation is 1. The van der Waals surface area contributed by atoms with E-state index in [0.717, 1.165) is 12.5 Å². The molecule has 0 aliphatic heterocycles. The number of benzene rings is 1. The summed E-state index contributed by atoms with van der Waals surface area (Å²) in [5.74, 6) is 0. The molecule has 1 aromatic heterocycles. The van der Waals surface area contributed by atoms with E-state index in [0.29, 0.717) is 6.04 Å². The van der Waals surface area contributed by atoms with E-state index in [9.17, 15) is 0 Å². The first kappa shape index (κ1) is 11.8. The zero-order valence-electron chi connectivity index (χ0n) is 11.5. The molecule has 3 rings (SSSR count). The molecule has 0 bridgehead atoms. The van der Waals surface area contributed by atoms with Crippen molar-refractivity contribution in [2.75, 3.05) is 0 Å². The van der Waals surface area contributed by atoms with Crippen LogP contribution in [0.15, 0.2) is 24.3 Å². The molecular weight excluding hydrogens is 220 g/mol. The molecule has 1 N–H and O–H groups in total. The lowest BCUT2D eigenvalue weighted by atomic mass is 10.0. The van der Waals surface area contributed by atoms with E-state index < -0.39 is 0 Å². The first-order valence-corrected chi connectivity index (χ1v) is 6.95. The second-order valence-electron chi connectivity index (χ2n) is 5.69. The van der Waals surface area contributed by atoms with E-state index in [4.69, 9.17) is 0 Å². The summed E-state index contributed by atoms with van der Waals surface area (Å²) in [5.41, 5.74) is 4.26. The zero-order valence-corrected chi connectivity index (χ0v) is 11.5. The lowest BCUT2D eigenvalue weighted by Gasteiger charge is -2.13. The van der Waals surface area contributed by atoms with Gasteiger partial charge in [-0.3, -0.25) is 0 Å². The van der Waals surface area contributed by atoms with Crippen molar-refractivity contribution in [2.45, 2.75) is 45.2 Å². The van der Waals surface area contributed by atoms with Gasteiger partial charge in [0.15, 0.2) is 0 Å². The molecule has 1 aromatic carbocycles. The van der Waals surface area contributed by atoms with E-state index in [1.807, 2.05) is 0 Å². The molecule has 1 aliphatic rings. The molecule has 1 unspecified atom stereocenters. The average Bonchev–Trinajstić information content (AvgIpc) is 3.14. The Kier molecular flexibility index (Phi) is 2.90. The molecule has 1 aliphatic carbocycles. The van der Waals surface area contributed by atoms with Crippen LogP contribution in [-0.2, 0) is 13.5 Å². The van der Waals surface area contributed by atoms with Gasteiger partial charge in [-0.1, -0.05) is 18.2 Å². The number of hydrogen-bond acceptors (Lipinski definition) is 1. The summed E-state index contributed by atoms with van der Waals surface area (Å²) in [7, 11) is 2.17. The van der Waals surface area contributed by atoms with Gasteiger partial charge in [-0.15, -0.1) is 0 Å². The van der Waals surface area contributed by atoms with Crippen LogP contribution in [0.2, 0.25) is 0 Å². The minimum absolute atomic E-state index is 0.571. The van der Waals surface area contributed by atoms with Crippen molar-refractivity contribution in [1.82, 2.24) is 9.88 Å². The molecular formula is C16H22N2. The third kappa shape index (κ3) is 2.05. The lowest BCUT2D eigenvalue weighted by Crippen LogP contribution is -2.30. The van der Waals surface area contributed by atoms with Gasteiger partial charge in [-0.25, -0.2) is 0 Å². The number of hydrogen-bond donors (Lipinski definition) is 1. The van der Waals surface area contributed by atoms with Gasteiger partial charge in [-0.05, 0) is 44.7 Å². The topological polar surface area (TPSA) is 17.0 Å². The molecule has 0 amide bonds. The third-order valence-electron chi connectivity index (χ3n) is 4.14. The summed E-state index contributed by atoms with van der Waals surface area (Å²) in [6.07, 6.45) is 3.85. The molecule has 0 spiro atoms. The van der Waals surface area contributed by atoms with Gasteiger partial charge in [0, 0.05) is 35.7 Å². The Labute approximate surface area is 109 Å². The number of nitrogens with one attached hydrogen (secondary N) is 1. The second kappa shape index (κ2) is 4.43. The monoisotopic (exact) mass is 242 g/mol. The van der Waals surface area contributed by atoms with Crippen LogP contribution in [0.3, 0.4) is 0 Å². The molecule has 18 heavy (non-hydrogen) atoms. The predicted octanol–water partition coefficient (Wildman–Crippen LogP) is 3.17. The van der Waals surface area contributed by atoms with Crippen LogP contribution in [0.25, 0.3) is 10.9 Å². The van der Waals surface area contributed by atoms with Crippen LogP contribution in [0, 0.1) is 6.92 Å². The van der Waals surface area contributed by atoms with Crippen LogP contribution in [0.1, 0.15) is 31.0 Å². The zero-order chi connectivity index (χ0) is 12.7. The molecule has 0 saturated heterocycles. The van der Waals surface area contributed by atoms with E-state index >= 15 is 0 Å². The molecule has 1 atom stereocenters. The van der Waals surface area contributed by atoms with E-state index in [2.05, 4.69) is 55.0 Å². The fourth-order valence-electron chi connectivity index (χ4n) is 2.87. The van der Waals surface area contributed by atoms with Gasteiger partial charge < -0.3 is 9.88 Å². The Bertz CT molecular complexity index is 564. The Hall–Kier alpha value is -1.28. The fraction of sp³-hybridized carbons (Fsp3) is 0.500. The average molecular weight is 242 g/mol. The maximum absolute atomic E-state index is 3.69. The Morgan fingerprint density at radius 3 is 2.78 bits per heavy atom. The van der Waals surface area contributed by atoms with Crippen molar-refractivity contribution in [2.24, 2.45) is 7.05 Å². The summed E-state index contributed by atoms with van der Waals surface area (Å²) in [4.78, 5) is 0. The Morgan fingerprint density at radius 2 is 2.06 bits per heavy atom. The number of rotatable bonds is 4. The highest BCUT2D eigenvalue weighted by Crippen LogP contribution is 2.27. The molecule has 1 saturated carbocycles. The number of nitrogens with zero attached hydrogens (tertiary/aromatic N) is 1. The van der Waals surface area contributed by atoms with Gasteiger partial charge in [0.1, 0.15) is 0 Å². The summed E-state index contributed by atoms with van der Waals surface area (Å²) in [5, 5.41) is 5.11. The lowest BCUT2D eigenvalue weighted by molar-refractivity contribution is 0.542. The molecule has 2 nitrogen and oxygen atoms in total. The van der Waals surface area contributed by atoms with E-state index in [-0.39, 0.29) is 0 Å². The largest absolute Gasteiger partial charge is 0.348 e. The van der Waals surface area contributed by atoms with Crippen molar-refractivity contribution in [3.05, 3.63) is 35.5 Å². The smallest absolute Gasteiger partial charge is 0.0482 e. The van der Waals surface area contributed by atoms with Crippen LogP contribution in [-0.4, -0.2) is 16.7 Å². The fourth-order valence-corrected chi connectivity index (χ4v) is 2.87. The highest BCUT2D eigenvalue weighted by atomic mass is 15.0. The van der Waals surface area contributed by atoms with Gasteiger partial charge in [0.25, 0.3) is 0 Å². The van der Waals surface area contributed by atoms with E-state index in [1.54, 1.807) is 0 Å². The Balaban J connectivity index is 1.92. The first-order valence-electron chi connectivity index (χ1n) is 6.95. The quantitative estimate of drug-likeness (QED) is 0.871. The van der Waals surface area contributed by atoms with Gasteiger partial charge >= 0.3 is 0 Å². The minimum Gasteiger partial charge on any atom is -0.348 e. The maximum atomic E-state index is 3.69. The predicted molar refractivity (Wildman–Crippen MR) is 77.0 cm³/mol. The summed E-state index contributed by atoms with van der Waals surface area (Å²) >= 11 is 0. The van der Waals surface area contributed by atoms with Crippen LogP contribution >= 0.6 is 0 Å². The van der Waals surface area contributed by atoms with Crippen molar-refractivity contribution >= 4 is 10.9 Å². The molecule has 0 radical (unpaired) electrons. The summed E-state index contributed by atoms with van der Waals surface area (Å²) in [6.45, 7) is 4.54.